The highest BCUT2D eigenvalue weighted by atomic mass is 19.1. The zero-order chi connectivity index (χ0) is 20.5. The van der Waals surface area contributed by atoms with Gasteiger partial charge in [-0.25, -0.2) is 4.39 Å². The number of H-pyrrole nitrogens is 1. The smallest absolute Gasteiger partial charge is 0.254 e. The molecule has 1 aliphatic heterocycles. The number of carbonyl (C=O) groups excluding carboxylic acids is 1. The first-order valence-corrected chi connectivity index (χ1v) is 9.79. The number of fused-ring (bicyclic) bond motifs is 1. The van der Waals surface area contributed by atoms with Crippen molar-refractivity contribution in [3.8, 4) is 0 Å². The first-order chi connectivity index (χ1) is 13.9. The molecule has 6 heteroatoms. The first-order valence-electron chi connectivity index (χ1n) is 9.79. The van der Waals surface area contributed by atoms with Gasteiger partial charge in [0.25, 0.3) is 5.91 Å². The molecular formula is C23H24FN3O2. The summed E-state index contributed by atoms with van der Waals surface area (Å²) in [6, 6.07) is 14.8. The lowest BCUT2D eigenvalue weighted by atomic mass is 10.0. The van der Waals surface area contributed by atoms with Gasteiger partial charge in [0.2, 0.25) is 5.56 Å². The van der Waals surface area contributed by atoms with E-state index in [0.717, 1.165) is 13.0 Å². The maximum Gasteiger partial charge on any atom is 0.254 e. The highest BCUT2D eigenvalue weighted by molar-refractivity contribution is 6.06. The van der Waals surface area contributed by atoms with Crippen LogP contribution in [-0.2, 0) is 6.42 Å². The largest absolute Gasteiger partial charge is 0.336 e. The molecule has 4 rings (SSSR count). The lowest BCUT2D eigenvalue weighted by molar-refractivity contribution is 0.0549. The molecule has 0 spiro atoms. The minimum Gasteiger partial charge on any atom is -0.336 e. The minimum absolute atomic E-state index is 0.0846. The molecule has 5 nitrogen and oxygen atoms in total. The van der Waals surface area contributed by atoms with Crippen molar-refractivity contribution in [1.29, 1.82) is 0 Å². The Morgan fingerprint density at radius 1 is 1.17 bits per heavy atom. The van der Waals surface area contributed by atoms with Crippen LogP contribution >= 0.6 is 0 Å². The Morgan fingerprint density at radius 3 is 2.69 bits per heavy atom. The molecule has 1 atom stereocenters. The van der Waals surface area contributed by atoms with E-state index in [1.54, 1.807) is 17.9 Å². The molecule has 2 aromatic carbocycles. The van der Waals surface area contributed by atoms with Crippen molar-refractivity contribution in [2.24, 2.45) is 0 Å². The number of amides is 1. The van der Waals surface area contributed by atoms with Gasteiger partial charge in [-0.2, -0.15) is 0 Å². The standard InChI is InChI=1S/C23H24FN3O2/c1-15-10-18-19(13-21(28)25-22(18)20(24)11-15)23(29)27-9-8-26(2)17(14-27)12-16-6-4-3-5-7-16/h3-7,10-11,13,17H,8-9,12,14H2,1-2H3,(H,25,28). The Morgan fingerprint density at radius 2 is 1.93 bits per heavy atom. The Balaban J connectivity index is 1.65. The normalized spacial score (nSPS) is 17.6. The third-order valence-electron chi connectivity index (χ3n) is 5.66. The van der Waals surface area contributed by atoms with Gasteiger partial charge in [0.15, 0.2) is 0 Å². The van der Waals surface area contributed by atoms with Gasteiger partial charge in [-0.1, -0.05) is 30.3 Å². The fourth-order valence-corrected chi connectivity index (χ4v) is 4.03. The minimum atomic E-state index is -0.521. The van der Waals surface area contributed by atoms with E-state index in [1.165, 1.54) is 17.7 Å². The fourth-order valence-electron chi connectivity index (χ4n) is 4.03. The monoisotopic (exact) mass is 393 g/mol. The summed E-state index contributed by atoms with van der Waals surface area (Å²) < 4.78 is 14.4. The van der Waals surface area contributed by atoms with E-state index in [2.05, 4.69) is 29.1 Å². The quantitative estimate of drug-likeness (QED) is 0.744. The van der Waals surface area contributed by atoms with Gasteiger partial charge in [-0.15, -0.1) is 0 Å². The molecule has 2 heterocycles. The van der Waals surface area contributed by atoms with E-state index in [0.29, 0.717) is 24.0 Å². The van der Waals surface area contributed by atoms with E-state index in [9.17, 15) is 14.0 Å². The summed E-state index contributed by atoms with van der Waals surface area (Å²) in [5.74, 6) is -0.746. The number of hydrogen-bond donors (Lipinski definition) is 1. The Labute approximate surface area is 168 Å². The molecule has 150 valence electrons. The molecule has 0 saturated carbocycles. The maximum atomic E-state index is 14.4. The molecule has 0 bridgehead atoms. The number of carbonyl (C=O) groups is 1. The summed E-state index contributed by atoms with van der Waals surface area (Å²) in [6.07, 6.45) is 0.838. The molecule has 3 aromatic rings. The molecule has 1 unspecified atom stereocenters. The van der Waals surface area contributed by atoms with Gasteiger partial charge in [-0.05, 0) is 43.7 Å². The average Bonchev–Trinajstić information content (AvgIpc) is 2.70. The van der Waals surface area contributed by atoms with Crippen LogP contribution in [0.4, 0.5) is 4.39 Å². The topological polar surface area (TPSA) is 56.4 Å². The van der Waals surface area contributed by atoms with Gasteiger partial charge in [0, 0.05) is 37.1 Å². The van der Waals surface area contributed by atoms with Crippen LogP contribution in [0.1, 0.15) is 21.5 Å². The van der Waals surface area contributed by atoms with E-state index in [-0.39, 0.29) is 23.0 Å². The predicted molar refractivity (Wildman–Crippen MR) is 112 cm³/mol. The van der Waals surface area contributed by atoms with Gasteiger partial charge >= 0.3 is 0 Å². The van der Waals surface area contributed by atoms with Crippen molar-refractivity contribution in [2.45, 2.75) is 19.4 Å². The summed E-state index contributed by atoms with van der Waals surface area (Å²) in [7, 11) is 2.07. The number of likely N-dealkylation sites (N-methyl/N-ethyl adjacent to an activating group) is 1. The number of halogens is 1. The van der Waals surface area contributed by atoms with Gasteiger partial charge < -0.3 is 9.88 Å². The van der Waals surface area contributed by atoms with Crippen LogP contribution < -0.4 is 5.56 Å². The number of aromatic amines is 1. The molecule has 1 aliphatic rings. The second-order valence-electron chi connectivity index (χ2n) is 7.79. The maximum absolute atomic E-state index is 14.4. The van der Waals surface area contributed by atoms with Crippen LogP contribution in [0.5, 0.6) is 0 Å². The van der Waals surface area contributed by atoms with Crippen molar-refractivity contribution in [3.63, 3.8) is 0 Å². The molecule has 1 fully saturated rings. The van der Waals surface area contributed by atoms with Crippen molar-refractivity contribution in [2.75, 3.05) is 26.7 Å². The summed E-state index contributed by atoms with van der Waals surface area (Å²) in [5, 5.41) is 0.450. The van der Waals surface area contributed by atoms with Crippen LogP contribution in [-0.4, -0.2) is 53.4 Å². The van der Waals surface area contributed by atoms with Gasteiger partial charge in [-0.3, -0.25) is 14.5 Å². The van der Waals surface area contributed by atoms with E-state index < -0.39 is 11.4 Å². The van der Waals surface area contributed by atoms with Crippen molar-refractivity contribution >= 4 is 16.8 Å². The van der Waals surface area contributed by atoms with Crippen LogP contribution in [0, 0.1) is 12.7 Å². The molecular weight excluding hydrogens is 369 g/mol. The Hall–Kier alpha value is -2.99. The molecule has 29 heavy (non-hydrogen) atoms. The van der Waals surface area contributed by atoms with Crippen molar-refractivity contribution in [3.05, 3.63) is 81.4 Å². The molecule has 0 radical (unpaired) electrons. The third-order valence-corrected chi connectivity index (χ3v) is 5.66. The number of rotatable bonds is 3. The molecule has 1 aromatic heterocycles. The zero-order valence-corrected chi connectivity index (χ0v) is 16.6. The number of benzene rings is 2. The summed E-state index contributed by atoms with van der Waals surface area (Å²) in [6.45, 7) is 3.65. The first kappa shape index (κ1) is 19.3. The van der Waals surface area contributed by atoms with E-state index in [1.807, 2.05) is 18.2 Å². The highest BCUT2D eigenvalue weighted by Crippen LogP contribution is 2.23. The van der Waals surface area contributed by atoms with Crippen molar-refractivity contribution in [1.82, 2.24) is 14.8 Å². The van der Waals surface area contributed by atoms with E-state index >= 15 is 0 Å². The number of aromatic nitrogens is 1. The van der Waals surface area contributed by atoms with Crippen LogP contribution in [0.15, 0.2) is 53.3 Å². The summed E-state index contributed by atoms with van der Waals surface area (Å²) in [5.41, 5.74) is 1.80. The summed E-state index contributed by atoms with van der Waals surface area (Å²) >= 11 is 0. The van der Waals surface area contributed by atoms with Gasteiger partial charge in [0.1, 0.15) is 5.82 Å². The zero-order valence-electron chi connectivity index (χ0n) is 16.6. The average molecular weight is 393 g/mol. The molecule has 0 aliphatic carbocycles. The molecule has 1 amide bonds. The second kappa shape index (κ2) is 7.79. The van der Waals surface area contributed by atoms with Crippen LogP contribution in [0.3, 0.4) is 0 Å². The fraction of sp³-hybridized carbons (Fsp3) is 0.304. The number of aryl methyl sites for hydroxylation is 1. The van der Waals surface area contributed by atoms with Crippen molar-refractivity contribution < 1.29 is 9.18 Å². The SMILES string of the molecule is Cc1cc(F)c2[nH]c(=O)cc(C(=O)N3CCN(C)C(Cc4ccccc4)C3)c2c1. The highest BCUT2D eigenvalue weighted by Gasteiger charge is 2.29. The second-order valence-corrected chi connectivity index (χ2v) is 7.79. The van der Waals surface area contributed by atoms with Crippen LogP contribution in [0.25, 0.3) is 10.9 Å². The lowest BCUT2D eigenvalue weighted by Crippen LogP contribution is -2.54. The number of hydrogen-bond acceptors (Lipinski definition) is 3. The number of nitrogens with zero attached hydrogens (tertiary/aromatic N) is 2. The number of nitrogens with one attached hydrogen (secondary N) is 1. The van der Waals surface area contributed by atoms with Gasteiger partial charge in [0.05, 0.1) is 11.1 Å². The Kier molecular flexibility index (Phi) is 5.20. The Bertz CT molecular complexity index is 1110. The number of piperazine rings is 1. The lowest BCUT2D eigenvalue weighted by Gasteiger charge is -2.39. The van der Waals surface area contributed by atoms with Crippen LogP contribution in [0.2, 0.25) is 0 Å². The number of pyridine rings is 1. The molecule has 1 saturated heterocycles. The molecule has 1 N–H and O–H groups in total. The summed E-state index contributed by atoms with van der Waals surface area (Å²) in [4.78, 5) is 32.0. The van der Waals surface area contributed by atoms with E-state index in [4.69, 9.17) is 0 Å². The predicted octanol–water partition coefficient (Wildman–Crippen LogP) is 2.97. The third kappa shape index (κ3) is 3.93.